The van der Waals surface area contributed by atoms with Crippen LogP contribution in [0.4, 0.5) is 0 Å². The van der Waals surface area contributed by atoms with E-state index in [4.69, 9.17) is 0 Å². The van der Waals surface area contributed by atoms with Gasteiger partial charge in [-0.2, -0.15) is 11.3 Å². The molecular formula is C12H15N3S. The molecule has 1 N–H and O–H groups in total. The highest BCUT2D eigenvalue weighted by atomic mass is 32.1. The summed E-state index contributed by atoms with van der Waals surface area (Å²) in [5.41, 5.74) is 3.34. The normalized spacial score (nSPS) is 12.6. The molecule has 0 aromatic carbocycles. The van der Waals surface area contributed by atoms with E-state index in [1.165, 1.54) is 5.56 Å². The number of thiophene rings is 1. The Labute approximate surface area is 99.6 Å². The number of hydrogen-bond donors (Lipinski definition) is 1. The van der Waals surface area contributed by atoms with Gasteiger partial charge in [-0.25, -0.2) is 0 Å². The molecule has 2 heterocycles. The summed E-state index contributed by atoms with van der Waals surface area (Å²) in [6.07, 6.45) is 3.47. The van der Waals surface area contributed by atoms with Gasteiger partial charge in [-0.3, -0.25) is 9.97 Å². The van der Waals surface area contributed by atoms with Crippen molar-refractivity contribution in [3.8, 4) is 0 Å². The van der Waals surface area contributed by atoms with Crippen LogP contribution < -0.4 is 5.32 Å². The van der Waals surface area contributed by atoms with E-state index in [9.17, 15) is 0 Å². The first-order valence-corrected chi connectivity index (χ1v) is 6.23. The first-order chi connectivity index (χ1) is 7.77. The van der Waals surface area contributed by atoms with Crippen LogP contribution in [0.15, 0.2) is 29.2 Å². The Morgan fingerprint density at radius 1 is 1.38 bits per heavy atom. The SMILES string of the molecule is Cc1nccnc1C(C)NCc1ccsc1. The number of rotatable bonds is 4. The van der Waals surface area contributed by atoms with E-state index in [0.717, 1.165) is 17.9 Å². The predicted molar refractivity (Wildman–Crippen MR) is 66.3 cm³/mol. The topological polar surface area (TPSA) is 37.8 Å². The van der Waals surface area contributed by atoms with Crippen molar-refractivity contribution in [2.75, 3.05) is 0 Å². The van der Waals surface area contributed by atoms with Crippen LogP contribution in [0.3, 0.4) is 0 Å². The molecule has 0 fully saturated rings. The Hall–Kier alpha value is -1.26. The first-order valence-electron chi connectivity index (χ1n) is 5.29. The predicted octanol–water partition coefficient (Wildman–Crippen LogP) is 2.70. The molecule has 0 aliphatic heterocycles. The van der Waals surface area contributed by atoms with Crippen LogP contribution in [0.2, 0.25) is 0 Å². The first kappa shape index (κ1) is 11.2. The zero-order valence-electron chi connectivity index (χ0n) is 9.47. The van der Waals surface area contributed by atoms with Gasteiger partial charge in [-0.15, -0.1) is 0 Å². The number of aryl methyl sites for hydroxylation is 1. The largest absolute Gasteiger partial charge is 0.305 e. The van der Waals surface area contributed by atoms with Gasteiger partial charge in [0.25, 0.3) is 0 Å². The van der Waals surface area contributed by atoms with Crippen molar-refractivity contribution >= 4 is 11.3 Å². The molecule has 3 nitrogen and oxygen atoms in total. The van der Waals surface area contributed by atoms with Gasteiger partial charge in [-0.05, 0) is 36.2 Å². The van der Waals surface area contributed by atoms with E-state index in [-0.39, 0.29) is 6.04 Å². The molecule has 2 aromatic heterocycles. The van der Waals surface area contributed by atoms with Gasteiger partial charge < -0.3 is 5.32 Å². The van der Waals surface area contributed by atoms with Crippen LogP contribution >= 0.6 is 11.3 Å². The number of hydrogen-bond acceptors (Lipinski definition) is 4. The minimum absolute atomic E-state index is 0.230. The van der Waals surface area contributed by atoms with E-state index in [1.807, 2.05) is 6.92 Å². The third-order valence-corrected chi connectivity index (χ3v) is 3.25. The highest BCUT2D eigenvalue weighted by molar-refractivity contribution is 7.07. The number of nitrogens with zero attached hydrogens (tertiary/aromatic N) is 2. The minimum atomic E-state index is 0.230. The van der Waals surface area contributed by atoms with Crippen LogP contribution in [0.25, 0.3) is 0 Å². The number of aromatic nitrogens is 2. The van der Waals surface area contributed by atoms with E-state index < -0.39 is 0 Å². The molecule has 0 aliphatic carbocycles. The molecule has 2 aromatic rings. The molecule has 0 aliphatic rings. The summed E-state index contributed by atoms with van der Waals surface area (Å²) >= 11 is 1.72. The van der Waals surface area contributed by atoms with Crippen molar-refractivity contribution in [1.82, 2.24) is 15.3 Å². The van der Waals surface area contributed by atoms with Crippen LogP contribution in [-0.4, -0.2) is 9.97 Å². The highest BCUT2D eigenvalue weighted by Crippen LogP contribution is 2.13. The molecule has 0 bridgehead atoms. The third-order valence-electron chi connectivity index (χ3n) is 2.52. The molecule has 0 radical (unpaired) electrons. The monoisotopic (exact) mass is 233 g/mol. The van der Waals surface area contributed by atoms with E-state index in [0.29, 0.717) is 0 Å². The zero-order valence-corrected chi connectivity index (χ0v) is 10.3. The molecule has 2 rings (SSSR count). The van der Waals surface area contributed by atoms with E-state index >= 15 is 0 Å². The summed E-state index contributed by atoms with van der Waals surface area (Å²) in [4.78, 5) is 8.60. The lowest BCUT2D eigenvalue weighted by atomic mass is 10.2. The molecule has 1 unspecified atom stereocenters. The average Bonchev–Trinajstić information content (AvgIpc) is 2.79. The second-order valence-electron chi connectivity index (χ2n) is 3.76. The van der Waals surface area contributed by atoms with E-state index in [2.05, 4.69) is 39.0 Å². The smallest absolute Gasteiger partial charge is 0.0782 e. The second kappa shape index (κ2) is 5.18. The van der Waals surface area contributed by atoms with Crippen molar-refractivity contribution in [3.05, 3.63) is 46.2 Å². The lowest BCUT2D eigenvalue weighted by Gasteiger charge is -2.14. The summed E-state index contributed by atoms with van der Waals surface area (Å²) in [7, 11) is 0. The second-order valence-corrected chi connectivity index (χ2v) is 4.54. The van der Waals surface area contributed by atoms with Crippen LogP contribution in [0.1, 0.15) is 29.9 Å². The van der Waals surface area contributed by atoms with Crippen LogP contribution in [0, 0.1) is 6.92 Å². The van der Waals surface area contributed by atoms with Gasteiger partial charge in [0.15, 0.2) is 0 Å². The molecular weight excluding hydrogens is 218 g/mol. The summed E-state index contributed by atoms with van der Waals surface area (Å²) in [6, 6.07) is 2.36. The Balaban J connectivity index is 1.98. The number of nitrogens with one attached hydrogen (secondary N) is 1. The van der Waals surface area contributed by atoms with Crippen molar-refractivity contribution in [3.63, 3.8) is 0 Å². The summed E-state index contributed by atoms with van der Waals surface area (Å²) in [6.45, 7) is 4.98. The van der Waals surface area contributed by atoms with Crippen LogP contribution in [-0.2, 0) is 6.54 Å². The van der Waals surface area contributed by atoms with Gasteiger partial charge in [0.1, 0.15) is 0 Å². The van der Waals surface area contributed by atoms with Crippen molar-refractivity contribution in [2.45, 2.75) is 26.4 Å². The minimum Gasteiger partial charge on any atom is -0.305 e. The molecule has 0 saturated heterocycles. The van der Waals surface area contributed by atoms with Gasteiger partial charge in [0.05, 0.1) is 11.4 Å². The Morgan fingerprint density at radius 3 is 2.88 bits per heavy atom. The zero-order chi connectivity index (χ0) is 11.4. The lowest BCUT2D eigenvalue weighted by molar-refractivity contribution is 0.556. The maximum atomic E-state index is 4.36. The maximum absolute atomic E-state index is 4.36. The molecule has 0 amide bonds. The fourth-order valence-corrected chi connectivity index (χ4v) is 2.27. The molecule has 4 heteroatoms. The molecule has 84 valence electrons. The van der Waals surface area contributed by atoms with Gasteiger partial charge in [0, 0.05) is 25.0 Å². The van der Waals surface area contributed by atoms with Gasteiger partial charge in [-0.1, -0.05) is 0 Å². The van der Waals surface area contributed by atoms with Crippen LogP contribution in [0.5, 0.6) is 0 Å². The Kier molecular flexibility index (Phi) is 3.64. The molecule has 0 spiro atoms. The summed E-state index contributed by atoms with van der Waals surface area (Å²) in [5.74, 6) is 0. The van der Waals surface area contributed by atoms with Gasteiger partial charge in [0.2, 0.25) is 0 Å². The average molecular weight is 233 g/mol. The van der Waals surface area contributed by atoms with Crippen molar-refractivity contribution in [1.29, 1.82) is 0 Å². The third kappa shape index (κ3) is 2.65. The molecule has 1 atom stereocenters. The molecule has 16 heavy (non-hydrogen) atoms. The fraction of sp³-hybridized carbons (Fsp3) is 0.333. The van der Waals surface area contributed by atoms with Crippen molar-refractivity contribution in [2.24, 2.45) is 0 Å². The standard InChI is InChI=1S/C12H15N3S/c1-9-12(14-5-4-13-9)10(2)15-7-11-3-6-16-8-11/h3-6,8,10,15H,7H2,1-2H3. The maximum Gasteiger partial charge on any atom is 0.0782 e. The lowest BCUT2D eigenvalue weighted by Crippen LogP contribution is -2.20. The van der Waals surface area contributed by atoms with E-state index in [1.54, 1.807) is 23.7 Å². The fourth-order valence-electron chi connectivity index (χ4n) is 1.60. The Morgan fingerprint density at radius 2 is 2.19 bits per heavy atom. The quantitative estimate of drug-likeness (QED) is 0.882. The van der Waals surface area contributed by atoms with Gasteiger partial charge >= 0.3 is 0 Å². The summed E-state index contributed by atoms with van der Waals surface area (Å²) in [5, 5.41) is 7.69. The van der Waals surface area contributed by atoms with Crippen molar-refractivity contribution < 1.29 is 0 Å². The molecule has 0 saturated carbocycles. The summed E-state index contributed by atoms with van der Waals surface area (Å²) < 4.78 is 0. The Bertz CT molecular complexity index is 439. The highest BCUT2D eigenvalue weighted by Gasteiger charge is 2.09.